The van der Waals surface area contributed by atoms with Crippen molar-refractivity contribution < 1.29 is 14.3 Å². The number of hydrogen-bond acceptors (Lipinski definition) is 3. The van der Waals surface area contributed by atoms with Gasteiger partial charge in [0, 0.05) is 12.2 Å². The Morgan fingerprint density at radius 2 is 1.76 bits per heavy atom. The first kappa shape index (κ1) is 13.3. The summed E-state index contributed by atoms with van der Waals surface area (Å²) in [6, 6.07) is 14.7. The Bertz CT molecular complexity index is 629. The third-order valence-corrected chi connectivity index (χ3v) is 3.09. The minimum Gasteiger partial charge on any atom is -0.486 e. The van der Waals surface area contributed by atoms with Gasteiger partial charge in [-0.1, -0.05) is 24.3 Å². The van der Waals surface area contributed by atoms with E-state index in [4.69, 9.17) is 9.47 Å². The van der Waals surface area contributed by atoms with Crippen LogP contribution in [0.3, 0.4) is 0 Å². The largest absolute Gasteiger partial charge is 0.486 e. The van der Waals surface area contributed by atoms with Crippen molar-refractivity contribution in [3.63, 3.8) is 0 Å². The Hall–Kier alpha value is -2.69. The van der Waals surface area contributed by atoms with Crippen molar-refractivity contribution in [1.29, 1.82) is 0 Å². The Kier molecular flexibility index (Phi) is 3.91. The lowest BCUT2D eigenvalue weighted by Gasteiger charge is -2.19. The number of rotatable bonds is 3. The first-order valence-electron chi connectivity index (χ1n) is 6.80. The van der Waals surface area contributed by atoms with Crippen LogP contribution in [0.1, 0.15) is 5.56 Å². The normalized spacial score (nSPS) is 12.6. The minimum absolute atomic E-state index is 0.240. The highest BCUT2D eigenvalue weighted by molar-refractivity contribution is 5.89. The summed E-state index contributed by atoms with van der Waals surface area (Å²) < 4.78 is 11.0. The number of carbonyl (C=O) groups excluding carboxylic acids is 1. The van der Waals surface area contributed by atoms with Gasteiger partial charge in [0.1, 0.15) is 13.2 Å². The number of nitrogens with one attached hydrogen (secondary N) is 2. The smallest absolute Gasteiger partial charge is 0.319 e. The van der Waals surface area contributed by atoms with Gasteiger partial charge < -0.3 is 20.1 Å². The van der Waals surface area contributed by atoms with E-state index in [0.717, 1.165) is 22.7 Å². The maximum atomic E-state index is 11.8. The molecule has 1 aliphatic heterocycles. The van der Waals surface area contributed by atoms with Crippen LogP contribution >= 0.6 is 0 Å². The summed E-state index contributed by atoms with van der Waals surface area (Å²) in [6.07, 6.45) is 0. The molecule has 21 heavy (non-hydrogen) atoms. The molecule has 1 aliphatic rings. The third-order valence-electron chi connectivity index (χ3n) is 3.09. The van der Waals surface area contributed by atoms with Gasteiger partial charge in [-0.25, -0.2) is 4.79 Å². The molecule has 2 aromatic carbocycles. The van der Waals surface area contributed by atoms with E-state index in [1.165, 1.54) is 0 Å². The van der Waals surface area contributed by atoms with Crippen LogP contribution in [0.15, 0.2) is 48.5 Å². The summed E-state index contributed by atoms with van der Waals surface area (Å²) in [4.78, 5) is 11.8. The van der Waals surface area contributed by atoms with Gasteiger partial charge in [-0.3, -0.25) is 0 Å². The standard InChI is InChI=1S/C16H16N2O3/c19-16(18-13-4-2-1-3-5-13)17-11-12-6-7-14-15(10-12)21-9-8-20-14/h1-7,10H,8-9,11H2,(H2,17,18,19). The van der Waals surface area contributed by atoms with Crippen molar-refractivity contribution in [2.24, 2.45) is 0 Å². The van der Waals surface area contributed by atoms with E-state index >= 15 is 0 Å². The summed E-state index contributed by atoms with van der Waals surface area (Å²) in [6.45, 7) is 1.55. The van der Waals surface area contributed by atoms with E-state index in [9.17, 15) is 4.79 Å². The molecule has 3 rings (SSSR count). The van der Waals surface area contributed by atoms with Crippen molar-refractivity contribution in [2.45, 2.75) is 6.54 Å². The topological polar surface area (TPSA) is 59.6 Å². The molecule has 2 aromatic rings. The predicted octanol–water partition coefficient (Wildman–Crippen LogP) is 2.78. The van der Waals surface area contributed by atoms with E-state index in [1.807, 2.05) is 48.5 Å². The van der Waals surface area contributed by atoms with Gasteiger partial charge in [0.15, 0.2) is 11.5 Å². The zero-order chi connectivity index (χ0) is 14.5. The lowest BCUT2D eigenvalue weighted by molar-refractivity contribution is 0.171. The van der Waals surface area contributed by atoms with Crippen LogP contribution in [0.25, 0.3) is 0 Å². The molecule has 2 N–H and O–H groups in total. The van der Waals surface area contributed by atoms with E-state index in [0.29, 0.717) is 19.8 Å². The van der Waals surface area contributed by atoms with Gasteiger partial charge in [-0.15, -0.1) is 0 Å². The molecule has 0 saturated carbocycles. The molecule has 0 radical (unpaired) electrons. The number of hydrogen-bond donors (Lipinski definition) is 2. The molecule has 5 heteroatoms. The highest BCUT2D eigenvalue weighted by Gasteiger charge is 2.11. The first-order chi connectivity index (χ1) is 10.3. The molecule has 0 saturated heterocycles. The van der Waals surface area contributed by atoms with E-state index in [1.54, 1.807) is 0 Å². The fourth-order valence-electron chi connectivity index (χ4n) is 2.08. The summed E-state index contributed by atoms with van der Waals surface area (Å²) in [5.41, 5.74) is 1.72. The Morgan fingerprint density at radius 1 is 1.00 bits per heavy atom. The molecule has 1 heterocycles. The number of fused-ring (bicyclic) bond motifs is 1. The molecule has 0 aromatic heterocycles. The van der Waals surface area contributed by atoms with Crippen LogP contribution in [0.4, 0.5) is 10.5 Å². The van der Waals surface area contributed by atoms with Crippen LogP contribution in [-0.2, 0) is 6.54 Å². The minimum atomic E-state index is -0.240. The van der Waals surface area contributed by atoms with E-state index in [2.05, 4.69) is 10.6 Å². The monoisotopic (exact) mass is 284 g/mol. The number of para-hydroxylation sites is 1. The molecule has 0 aliphatic carbocycles. The fraction of sp³-hybridized carbons (Fsp3) is 0.188. The van der Waals surface area contributed by atoms with Crippen molar-refractivity contribution in [3.05, 3.63) is 54.1 Å². The second-order valence-electron chi connectivity index (χ2n) is 4.65. The zero-order valence-electron chi connectivity index (χ0n) is 11.5. The summed E-state index contributed by atoms with van der Waals surface area (Å²) in [7, 11) is 0. The van der Waals surface area contributed by atoms with Crippen LogP contribution in [0.2, 0.25) is 0 Å². The number of carbonyl (C=O) groups is 1. The fourth-order valence-corrected chi connectivity index (χ4v) is 2.08. The van der Waals surface area contributed by atoms with Crippen molar-refractivity contribution in [2.75, 3.05) is 18.5 Å². The maximum Gasteiger partial charge on any atom is 0.319 e. The number of anilines is 1. The van der Waals surface area contributed by atoms with E-state index in [-0.39, 0.29) is 6.03 Å². The lowest BCUT2D eigenvalue weighted by atomic mass is 10.2. The van der Waals surface area contributed by atoms with Gasteiger partial charge in [0.05, 0.1) is 0 Å². The number of ether oxygens (including phenoxy) is 2. The summed E-state index contributed by atoms with van der Waals surface area (Å²) >= 11 is 0. The number of urea groups is 1. The molecule has 0 spiro atoms. The Morgan fingerprint density at radius 3 is 2.57 bits per heavy atom. The highest BCUT2D eigenvalue weighted by Crippen LogP contribution is 2.30. The molecule has 2 amide bonds. The van der Waals surface area contributed by atoms with Crippen LogP contribution in [0.5, 0.6) is 11.5 Å². The van der Waals surface area contributed by atoms with Crippen molar-refractivity contribution >= 4 is 11.7 Å². The summed E-state index contributed by atoms with van der Waals surface area (Å²) in [5.74, 6) is 1.47. The lowest BCUT2D eigenvalue weighted by Crippen LogP contribution is -2.28. The second-order valence-corrected chi connectivity index (χ2v) is 4.65. The predicted molar refractivity (Wildman–Crippen MR) is 79.7 cm³/mol. The van der Waals surface area contributed by atoms with Gasteiger partial charge in [0.25, 0.3) is 0 Å². The number of amides is 2. The molecular weight excluding hydrogens is 268 g/mol. The molecule has 0 atom stereocenters. The van der Waals surface area contributed by atoms with Gasteiger partial charge in [0.2, 0.25) is 0 Å². The SMILES string of the molecule is O=C(NCc1ccc2c(c1)OCCO2)Nc1ccccc1. The number of benzene rings is 2. The Balaban J connectivity index is 1.56. The third kappa shape index (κ3) is 3.45. The zero-order valence-corrected chi connectivity index (χ0v) is 11.5. The van der Waals surface area contributed by atoms with Crippen molar-refractivity contribution in [3.8, 4) is 11.5 Å². The molecule has 0 fully saturated rings. The molecule has 108 valence electrons. The quantitative estimate of drug-likeness (QED) is 0.911. The second kappa shape index (κ2) is 6.17. The van der Waals surface area contributed by atoms with Crippen LogP contribution < -0.4 is 20.1 Å². The van der Waals surface area contributed by atoms with Gasteiger partial charge in [-0.2, -0.15) is 0 Å². The molecule has 5 nitrogen and oxygen atoms in total. The molecular formula is C16H16N2O3. The van der Waals surface area contributed by atoms with E-state index < -0.39 is 0 Å². The maximum absolute atomic E-state index is 11.8. The summed E-state index contributed by atoms with van der Waals surface area (Å²) in [5, 5.41) is 5.58. The van der Waals surface area contributed by atoms with Gasteiger partial charge >= 0.3 is 6.03 Å². The molecule has 0 unspecified atom stereocenters. The van der Waals surface area contributed by atoms with Crippen LogP contribution in [-0.4, -0.2) is 19.2 Å². The molecule has 0 bridgehead atoms. The van der Waals surface area contributed by atoms with Crippen molar-refractivity contribution in [1.82, 2.24) is 5.32 Å². The average Bonchev–Trinajstić information content (AvgIpc) is 2.54. The van der Waals surface area contributed by atoms with Gasteiger partial charge in [-0.05, 0) is 29.8 Å². The average molecular weight is 284 g/mol. The highest BCUT2D eigenvalue weighted by atomic mass is 16.6. The Labute approximate surface area is 122 Å². The van der Waals surface area contributed by atoms with Crippen LogP contribution in [0, 0.1) is 0 Å². The first-order valence-corrected chi connectivity index (χ1v) is 6.80.